The van der Waals surface area contributed by atoms with Gasteiger partial charge < -0.3 is 5.32 Å². The molecule has 2 rings (SSSR count). The summed E-state index contributed by atoms with van der Waals surface area (Å²) >= 11 is 3.67. The monoisotopic (exact) mass is 266 g/mol. The number of nitrogens with one attached hydrogen (secondary N) is 1. The summed E-state index contributed by atoms with van der Waals surface area (Å²) in [5, 5.41) is 4.70. The van der Waals surface area contributed by atoms with Crippen molar-refractivity contribution in [3.05, 3.63) is 38.0 Å². The first-order valence-electron chi connectivity index (χ1n) is 5.92. The average molecular weight is 266 g/mol. The minimum absolute atomic E-state index is 0.334. The fourth-order valence-corrected chi connectivity index (χ4v) is 3.33. The molecule has 2 heterocycles. The number of rotatable bonds is 5. The molecule has 1 atom stereocenters. The summed E-state index contributed by atoms with van der Waals surface area (Å²) in [5.74, 6) is 0. The van der Waals surface area contributed by atoms with Gasteiger partial charge in [-0.2, -0.15) is 0 Å². The van der Waals surface area contributed by atoms with Crippen LogP contribution in [0, 0.1) is 6.92 Å². The second kappa shape index (κ2) is 5.76. The molecule has 17 heavy (non-hydrogen) atoms. The van der Waals surface area contributed by atoms with Gasteiger partial charge >= 0.3 is 0 Å². The van der Waals surface area contributed by atoms with Crippen molar-refractivity contribution < 1.29 is 0 Å². The number of hydrogen-bond acceptors (Lipinski definition) is 4. The largest absolute Gasteiger partial charge is 0.303 e. The lowest BCUT2D eigenvalue weighted by molar-refractivity contribution is 0.576. The fourth-order valence-electron chi connectivity index (χ4n) is 1.62. The molecule has 0 aromatic carbocycles. The van der Waals surface area contributed by atoms with Gasteiger partial charge in [-0.3, -0.25) is 0 Å². The minimum Gasteiger partial charge on any atom is -0.303 e. The van der Waals surface area contributed by atoms with E-state index in [1.54, 1.807) is 11.3 Å². The van der Waals surface area contributed by atoms with E-state index in [-0.39, 0.29) is 0 Å². The van der Waals surface area contributed by atoms with Gasteiger partial charge in [-0.1, -0.05) is 6.92 Å². The van der Waals surface area contributed by atoms with Gasteiger partial charge in [0.1, 0.15) is 5.01 Å². The summed E-state index contributed by atoms with van der Waals surface area (Å²) in [4.78, 5) is 8.55. The van der Waals surface area contributed by atoms with Crippen molar-refractivity contribution in [2.24, 2.45) is 0 Å². The zero-order valence-electron chi connectivity index (χ0n) is 10.5. The minimum atomic E-state index is 0.334. The maximum atomic E-state index is 4.41. The van der Waals surface area contributed by atoms with Crippen LogP contribution in [0.1, 0.15) is 39.5 Å². The van der Waals surface area contributed by atoms with Crippen molar-refractivity contribution in [1.29, 1.82) is 0 Å². The normalized spacial score (nSPS) is 12.9. The number of thiazole rings is 1. The van der Waals surface area contributed by atoms with E-state index < -0.39 is 0 Å². The highest BCUT2D eigenvalue weighted by Gasteiger charge is 2.09. The number of hydrogen-bond donors (Lipinski definition) is 1. The lowest BCUT2D eigenvalue weighted by Gasteiger charge is -2.09. The third kappa shape index (κ3) is 3.37. The molecule has 1 unspecified atom stereocenters. The molecular formula is C13H18N2S2. The lowest BCUT2D eigenvalue weighted by Crippen LogP contribution is -2.17. The van der Waals surface area contributed by atoms with Gasteiger partial charge in [-0.25, -0.2) is 4.98 Å². The highest BCUT2D eigenvalue weighted by Crippen LogP contribution is 2.21. The zero-order valence-corrected chi connectivity index (χ0v) is 12.1. The number of aryl methyl sites for hydroxylation is 2. The van der Waals surface area contributed by atoms with Crippen molar-refractivity contribution in [2.75, 3.05) is 0 Å². The molecule has 0 amide bonds. The van der Waals surface area contributed by atoms with Crippen LogP contribution in [-0.4, -0.2) is 4.98 Å². The molecule has 2 nitrogen and oxygen atoms in total. The summed E-state index contributed by atoms with van der Waals surface area (Å²) < 4.78 is 0. The molecule has 0 fully saturated rings. The first-order chi connectivity index (χ1) is 8.19. The number of aromatic nitrogens is 1. The van der Waals surface area contributed by atoms with E-state index in [1.807, 2.05) is 17.5 Å². The smallest absolute Gasteiger partial charge is 0.109 e. The molecule has 0 spiro atoms. The van der Waals surface area contributed by atoms with Gasteiger partial charge in [0.25, 0.3) is 0 Å². The molecule has 0 bridgehead atoms. The van der Waals surface area contributed by atoms with Gasteiger partial charge in [0, 0.05) is 27.4 Å². The average Bonchev–Trinajstić information content (AvgIpc) is 2.94. The Hall–Kier alpha value is -0.710. The van der Waals surface area contributed by atoms with Crippen LogP contribution in [0.3, 0.4) is 0 Å². The fraction of sp³-hybridized carbons (Fsp3) is 0.462. The Labute approximate surface area is 111 Å². The van der Waals surface area contributed by atoms with Crippen LogP contribution < -0.4 is 5.32 Å². The first kappa shape index (κ1) is 12.7. The molecule has 0 saturated heterocycles. The lowest BCUT2D eigenvalue weighted by atomic mass is 10.3. The molecule has 1 N–H and O–H groups in total. The third-order valence-corrected chi connectivity index (χ3v) is 4.98. The Morgan fingerprint density at radius 2 is 2.06 bits per heavy atom. The maximum Gasteiger partial charge on any atom is 0.109 e. The Bertz CT molecular complexity index is 473. The van der Waals surface area contributed by atoms with Crippen molar-refractivity contribution in [3.63, 3.8) is 0 Å². The first-order valence-corrected chi connectivity index (χ1v) is 7.55. The van der Waals surface area contributed by atoms with Crippen molar-refractivity contribution in [2.45, 2.75) is 39.8 Å². The molecule has 0 aliphatic carbocycles. The maximum absolute atomic E-state index is 4.41. The Morgan fingerprint density at radius 1 is 1.29 bits per heavy atom. The van der Waals surface area contributed by atoms with Crippen molar-refractivity contribution >= 4 is 22.7 Å². The molecule has 4 heteroatoms. The van der Waals surface area contributed by atoms with Crippen LogP contribution in [0.4, 0.5) is 0 Å². The van der Waals surface area contributed by atoms with Crippen LogP contribution >= 0.6 is 22.7 Å². The number of thiophene rings is 1. The standard InChI is InChI=1S/C13H18N2S2/c1-4-11-5-6-12(17-11)8-14-10(3)13-15-7-9(2)16-13/h5-7,10,14H,4,8H2,1-3H3. The van der Waals surface area contributed by atoms with Gasteiger partial charge in [-0.05, 0) is 32.4 Å². The summed E-state index contributed by atoms with van der Waals surface area (Å²) in [5.41, 5.74) is 0. The highest BCUT2D eigenvalue weighted by atomic mass is 32.1. The Morgan fingerprint density at radius 3 is 2.65 bits per heavy atom. The van der Waals surface area contributed by atoms with E-state index >= 15 is 0 Å². The van der Waals surface area contributed by atoms with Crippen LogP contribution in [0.5, 0.6) is 0 Å². The van der Waals surface area contributed by atoms with Crippen molar-refractivity contribution in [1.82, 2.24) is 10.3 Å². The summed E-state index contributed by atoms with van der Waals surface area (Å²) in [7, 11) is 0. The summed E-state index contributed by atoms with van der Waals surface area (Å²) in [6.07, 6.45) is 3.07. The van der Waals surface area contributed by atoms with Crippen molar-refractivity contribution in [3.8, 4) is 0 Å². The number of nitrogens with zero attached hydrogens (tertiary/aromatic N) is 1. The Kier molecular flexibility index (Phi) is 4.31. The van der Waals surface area contributed by atoms with Crippen LogP contribution in [0.25, 0.3) is 0 Å². The predicted octanol–water partition coefficient (Wildman–Crippen LogP) is 3.93. The molecule has 2 aromatic rings. The third-order valence-electron chi connectivity index (χ3n) is 2.66. The van der Waals surface area contributed by atoms with E-state index in [0.29, 0.717) is 6.04 Å². The molecule has 2 aromatic heterocycles. The van der Waals surface area contributed by atoms with E-state index in [4.69, 9.17) is 0 Å². The molecular weight excluding hydrogens is 248 g/mol. The van der Waals surface area contributed by atoms with Gasteiger partial charge in [0.05, 0.1) is 6.04 Å². The Balaban J connectivity index is 1.89. The van der Waals surface area contributed by atoms with E-state index in [1.165, 1.54) is 19.6 Å². The summed E-state index contributed by atoms with van der Waals surface area (Å²) in [6, 6.07) is 4.77. The highest BCUT2D eigenvalue weighted by molar-refractivity contribution is 7.12. The SMILES string of the molecule is CCc1ccc(CNC(C)c2ncc(C)s2)s1. The van der Waals surface area contributed by atoms with E-state index in [2.05, 4.69) is 43.2 Å². The van der Waals surface area contributed by atoms with Gasteiger partial charge in [0.2, 0.25) is 0 Å². The van der Waals surface area contributed by atoms with Crippen LogP contribution in [0.2, 0.25) is 0 Å². The van der Waals surface area contributed by atoms with E-state index in [0.717, 1.165) is 13.0 Å². The van der Waals surface area contributed by atoms with Crippen LogP contribution in [-0.2, 0) is 13.0 Å². The molecule has 0 aliphatic rings. The second-order valence-electron chi connectivity index (χ2n) is 4.13. The molecule has 0 aliphatic heterocycles. The van der Waals surface area contributed by atoms with Gasteiger partial charge in [0.15, 0.2) is 0 Å². The summed E-state index contributed by atoms with van der Waals surface area (Å²) in [6.45, 7) is 7.40. The molecule has 0 saturated carbocycles. The molecule has 0 radical (unpaired) electrons. The zero-order chi connectivity index (χ0) is 12.3. The predicted molar refractivity (Wildman–Crippen MR) is 75.8 cm³/mol. The quantitative estimate of drug-likeness (QED) is 0.887. The topological polar surface area (TPSA) is 24.9 Å². The van der Waals surface area contributed by atoms with Crippen LogP contribution in [0.15, 0.2) is 18.3 Å². The molecule has 92 valence electrons. The van der Waals surface area contributed by atoms with E-state index in [9.17, 15) is 0 Å². The van der Waals surface area contributed by atoms with Gasteiger partial charge in [-0.15, -0.1) is 22.7 Å². The second-order valence-corrected chi connectivity index (χ2v) is 6.65.